The number of furan rings is 1. The summed E-state index contributed by atoms with van der Waals surface area (Å²) in [5.41, 5.74) is 1.11. The third-order valence-corrected chi connectivity index (χ3v) is 4.63. The van der Waals surface area contributed by atoms with Gasteiger partial charge in [0.1, 0.15) is 11.5 Å². The van der Waals surface area contributed by atoms with Crippen molar-refractivity contribution < 1.29 is 4.42 Å². The van der Waals surface area contributed by atoms with Crippen molar-refractivity contribution in [2.75, 3.05) is 6.54 Å². The highest BCUT2D eigenvalue weighted by Crippen LogP contribution is 2.47. The molecule has 4 heteroatoms. The number of benzene rings is 1. The lowest BCUT2D eigenvalue weighted by molar-refractivity contribution is 0.445. The van der Waals surface area contributed by atoms with Gasteiger partial charge in [-0.2, -0.15) is 0 Å². The minimum absolute atomic E-state index is 0.645. The van der Waals surface area contributed by atoms with Crippen molar-refractivity contribution in [1.82, 2.24) is 5.32 Å². The molecule has 2 nitrogen and oxygen atoms in total. The predicted molar refractivity (Wildman–Crippen MR) is 87.1 cm³/mol. The second kappa shape index (κ2) is 6.43. The first-order valence-corrected chi connectivity index (χ1v) is 8.12. The zero-order chi connectivity index (χ0) is 14.8. The van der Waals surface area contributed by atoms with Crippen LogP contribution in [-0.2, 0) is 13.0 Å². The second-order valence-electron chi connectivity index (χ2n) is 5.79. The normalized spacial score (nSPS) is 20.7. The van der Waals surface area contributed by atoms with Crippen LogP contribution < -0.4 is 5.32 Å². The predicted octanol–water partition coefficient (Wildman–Crippen LogP) is 5.04. The van der Waals surface area contributed by atoms with Crippen molar-refractivity contribution in [2.24, 2.45) is 5.92 Å². The van der Waals surface area contributed by atoms with Crippen LogP contribution >= 0.6 is 23.2 Å². The fraction of sp³-hybridized carbons (Fsp3) is 0.412. The summed E-state index contributed by atoms with van der Waals surface area (Å²) in [6.45, 7) is 3.88. The monoisotopic (exact) mass is 323 g/mol. The van der Waals surface area contributed by atoms with Gasteiger partial charge >= 0.3 is 0 Å². The van der Waals surface area contributed by atoms with Crippen molar-refractivity contribution in [2.45, 2.75) is 32.2 Å². The minimum atomic E-state index is 0.645. The SMILES string of the molecule is CC1CC1c1ccc(CNCCc2ccc(Cl)cc2Cl)o1. The van der Waals surface area contributed by atoms with E-state index in [0.717, 1.165) is 47.5 Å². The molecule has 0 aliphatic heterocycles. The molecule has 1 saturated carbocycles. The molecule has 0 amide bonds. The van der Waals surface area contributed by atoms with Crippen LogP contribution in [0.5, 0.6) is 0 Å². The maximum atomic E-state index is 6.15. The summed E-state index contributed by atoms with van der Waals surface area (Å²) in [6.07, 6.45) is 2.14. The summed E-state index contributed by atoms with van der Waals surface area (Å²) < 4.78 is 5.86. The van der Waals surface area contributed by atoms with Crippen LogP contribution in [0.4, 0.5) is 0 Å². The molecule has 2 unspecified atom stereocenters. The summed E-state index contributed by atoms with van der Waals surface area (Å²) >= 11 is 12.0. The smallest absolute Gasteiger partial charge is 0.117 e. The topological polar surface area (TPSA) is 25.2 Å². The lowest BCUT2D eigenvalue weighted by Gasteiger charge is -2.06. The first-order valence-electron chi connectivity index (χ1n) is 7.36. The summed E-state index contributed by atoms with van der Waals surface area (Å²) in [5.74, 6) is 3.57. The number of hydrogen-bond acceptors (Lipinski definition) is 2. The third-order valence-electron chi connectivity index (χ3n) is 4.04. The van der Waals surface area contributed by atoms with Crippen molar-refractivity contribution in [1.29, 1.82) is 0 Å². The Labute approximate surface area is 135 Å². The van der Waals surface area contributed by atoms with Crippen LogP contribution in [0.15, 0.2) is 34.7 Å². The highest BCUT2D eigenvalue weighted by atomic mass is 35.5. The minimum Gasteiger partial charge on any atom is -0.464 e. The highest BCUT2D eigenvalue weighted by Gasteiger charge is 2.36. The Hall–Kier alpha value is -0.960. The van der Waals surface area contributed by atoms with Gasteiger partial charge in [-0.1, -0.05) is 36.2 Å². The molecule has 1 N–H and O–H groups in total. The van der Waals surface area contributed by atoms with E-state index in [9.17, 15) is 0 Å². The van der Waals surface area contributed by atoms with Gasteiger partial charge in [-0.05, 0) is 55.1 Å². The largest absolute Gasteiger partial charge is 0.464 e. The van der Waals surface area contributed by atoms with Gasteiger partial charge in [0.05, 0.1) is 6.54 Å². The van der Waals surface area contributed by atoms with Crippen LogP contribution in [0.25, 0.3) is 0 Å². The van der Waals surface area contributed by atoms with Gasteiger partial charge in [-0.25, -0.2) is 0 Å². The first kappa shape index (κ1) is 15.0. The van der Waals surface area contributed by atoms with E-state index in [4.69, 9.17) is 27.6 Å². The molecule has 21 heavy (non-hydrogen) atoms. The molecule has 1 aromatic heterocycles. The Morgan fingerprint density at radius 2 is 2.05 bits per heavy atom. The molecule has 2 atom stereocenters. The Balaban J connectivity index is 1.44. The Morgan fingerprint density at radius 1 is 1.24 bits per heavy atom. The van der Waals surface area contributed by atoms with Crippen LogP contribution in [0.2, 0.25) is 10.0 Å². The molecule has 0 saturated heterocycles. The zero-order valence-electron chi connectivity index (χ0n) is 12.0. The average molecular weight is 324 g/mol. The van der Waals surface area contributed by atoms with E-state index in [0.29, 0.717) is 10.9 Å². The van der Waals surface area contributed by atoms with E-state index in [-0.39, 0.29) is 0 Å². The molecule has 0 bridgehead atoms. The number of halogens is 2. The van der Waals surface area contributed by atoms with Crippen LogP contribution in [0, 0.1) is 5.92 Å². The van der Waals surface area contributed by atoms with Crippen LogP contribution in [0.1, 0.15) is 36.3 Å². The van der Waals surface area contributed by atoms with Crippen LogP contribution in [-0.4, -0.2) is 6.54 Å². The Kier molecular flexibility index (Phi) is 4.58. The molecule has 1 fully saturated rings. The van der Waals surface area contributed by atoms with Crippen molar-refractivity contribution in [3.8, 4) is 0 Å². The van der Waals surface area contributed by atoms with E-state index in [2.05, 4.69) is 24.4 Å². The van der Waals surface area contributed by atoms with E-state index in [1.807, 2.05) is 12.1 Å². The lowest BCUT2D eigenvalue weighted by Crippen LogP contribution is -2.16. The van der Waals surface area contributed by atoms with Gasteiger partial charge in [0.2, 0.25) is 0 Å². The molecule has 3 rings (SSSR count). The summed E-state index contributed by atoms with van der Waals surface area (Å²) in [6, 6.07) is 9.82. The maximum Gasteiger partial charge on any atom is 0.117 e. The van der Waals surface area contributed by atoms with Crippen LogP contribution in [0.3, 0.4) is 0 Å². The maximum absolute atomic E-state index is 6.15. The Morgan fingerprint density at radius 3 is 2.76 bits per heavy atom. The molecule has 112 valence electrons. The molecule has 1 aliphatic rings. The molecule has 1 aromatic carbocycles. The zero-order valence-corrected chi connectivity index (χ0v) is 13.5. The quantitative estimate of drug-likeness (QED) is 0.753. The number of nitrogens with one attached hydrogen (secondary N) is 1. The molecule has 1 aliphatic carbocycles. The highest BCUT2D eigenvalue weighted by molar-refractivity contribution is 6.35. The summed E-state index contributed by atoms with van der Waals surface area (Å²) in [4.78, 5) is 0. The van der Waals surface area contributed by atoms with Crippen molar-refractivity contribution in [3.63, 3.8) is 0 Å². The van der Waals surface area contributed by atoms with Gasteiger partial charge in [-0.15, -0.1) is 0 Å². The van der Waals surface area contributed by atoms with Crippen molar-refractivity contribution >= 4 is 23.2 Å². The standard InChI is InChI=1S/C17H19Cl2NO/c1-11-8-15(11)17-5-4-14(21-17)10-20-7-6-12-2-3-13(18)9-16(12)19/h2-5,9,11,15,20H,6-8,10H2,1H3. The molecule has 0 spiro atoms. The average Bonchev–Trinajstić information content (AvgIpc) is 2.99. The second-order valence-corrected chi connectivity index (χ2v) is 6.63. The van der Waals surface area contributed by atoms with E-state index >= 15 is 0 Å². The molecule has 2 aromatic rings. The third kappa shape index (κ3) is 3.82. The van der Waals surface area contributed by atoms with Gasteiger partial charge < -0.3 is 9.73 Å². The first-order chi connectivity index (χ1) is 10.1. The van der Waals surface area contributed by atoms with E-state index in [1.165, 1.54) is 6.42 Å². The molecule has 1 heterocycles. The molecule has 0 radical (unpaired) electrons. The van der Waals surface area contributed by atoms with Gasteiger partial charge in [0.25, 0.3) is 0 Å². The van der Waals surface area contributed by atoms with Gasteiger partial charge in [0, 0.05) is 16.0 Å². The van der Waals surface area contributed by atoms with E-state index in [1.54, 1.807) is 6.07 Å². The summed E-state index contributed by atoms with van der Waals surface area (Å²) in [7, 11) is 0. The fourth-order valence-corrected chi connectivity index (χ4v) is 3.07. The lowest BCUT2D eigenvalue weighted by atomic mass is 10.1. The Bertz CT molecular complexity index is 623. The molecular formula is C17H19Cl2NO. The van der Waals surface area contributed by atoms with Crippen molar-refractivity contribution in [3.05, 3.63) is 57.5 Å². The van der Waals surface area contributed by atoms with E-state index < -0.39 is 0 Å². The number of hydrogen-bond donors (Lipinski definition) is 1. The molecular weight excluding hydrogens is 305 g/mol. The van der Waals surface area contributed by atoms with Gasteiger partial charge in [-0.3, -0.25) is 0 Å². The summed E-state index contributed by atoms with van der Waals surface area (Å²) in [5, 5.41) is 4.79. The fourth-order valence-electron chi connectivity index (χ4n) is 2.57. The number of rotatable bonds is 6. The van der Waals surface area contributed by atoms with Gasteiger partial charge in [0.15, 0.2) is 0 Å².